The molecule has 54 valence electrons. The Labute approximate surface area is 54.6 Å². The highest BCUT2D eigenvalue weighted by atomic mass is 16.5. The van der Waals surface area contributed by atoms with Gasteiger partial charge in [0.15, 0.2) is 0 Å². The first kappa shape index (κ1) is 8.43. The van der Waals surface area contributed by atoms with Crippen molar-refractivity contribution in [1.29, 1.82) is 0 Å². The molecule has 0 aromatic heterocycles. The molecule has 0 heterocycles. The number of rotatable bonds is 4. The molecule has 1 atom stereocenters. The van der Waals surface area contributed by atoms with Gasteiger partial charge < -0.3 is 14.6 Å². The average Bonchev–Trinajstić information content (AvgIpc) is 1.82. The van der Waals surface area contributed by atoms with E-state index in [-0.39, 0.29) is 0 Å². The van der Waals surface area contributed by atoms with Gasteiger partial charge in [0.25, 0.3) is 0 Å². The van der Waals surface area contributed by atoms with Crippen LogP contribution in [0, 0.1) is 0 Å². The summed E-state index contributed by atoms with van der Waals surface area (Å²) in [4.78, 5) is 10.1. The number of ether oxygens (including phenoxy) is 1. The fourth-order valence-corrected chi connectivity index (χ4v) is 0.594. The number of carbonyl (C=O) groups is 1. The molecule has 9 heavy (non-hydrogen) atoms. The molecule has 0 bridgehead atoms. The molecule has 0 aromatic carbocycles. The Bertz CT molecular complexity index is 90.3. The largest absolute Gasteiger partial charge is 0.547 e. The minimum Gasteiger partial charge on any atom is -0.547 e. The molecule has 0 fully saturated rings. The van der Waals surface area contributed by atoms with E-state index in [0.717, 1.165) is 6.42 Å². The fourth-order valence-electron chi connectivity index (χ4n) is 0.594. The Hall–Kier alpha value is -0.570. The maximum Gasteiger partial charge on any atom is 0.0964 e. The third-order valence-electron chi connectivity index (χ3n) is 1.10. The molecule has 0 saturated heterocycles. The lowest BCUT2D eigenvalue weighted by molar-refractivity contribution is -0.316. The van der Waals surface area contributed by atoms with Gasteiger partial charge in [0.1, 0.15) is 0 Å². The maximum absolute atomic E-state index is 10.1. The zero-order valence-electron chi connectivity index (χ0n) is 5.72. The van der Waals surface area contributed by atoms with Crippen molar-refractivity contribution < 1.29 is 14.6 Å². The lowest BCUT2D eigenvalue weighted by Crippen LogP contribution is -2.36. The van der Waals surface area contributed by atoms with Gasteiger partial charge in [0.2, 0.25) is 0 Å². The number of carboxylic acid groups (broad SMARTS) is 1. The summed E-state index contributed by atoms with van der Waals surface area (Å²) in [5.74, 6) is -1.13. The summed E-state index contributed by atoms with van der Waals surface area (Å²) >= 11 is 0. The lowest BCUT2D eigenvalue weighted by atomic mass is 10.2. The zero-order valence-corrected chi connectivity index (χ0v) is 5.72. The van der Waals surface area contributed by atoms with E-state index in [9.17, 15) is 9.90 Å². The Morgan fingerprint density at radius 2 is 2.33 bits per heavy atom. The predicted octanol–water partition coefficient (Wildman–Crippen LogP) is -0.449. The van der Waals surface area contributed by atoms with Crippen LogP contribution < -0.4 is 5.11 Å². The van der Waals surface area contributed by atoms with Crippen molar-refractivity contribution >= 4 is 5.97 Å². The van der Waals surface area contributed by atoms with Crippen LogP contribution in [0.3, 0.4) is 0 Å². The second-order valence-electron chi connectivity index (χ2n) is 1.83. The smallest absolute Gasteiger partial charge is 0.0964 e. The first-order valence-electron chi connectivity index (χ1n) is 2.96. The van der Waals surface area contributed by atoms with E-state index in [1.165, 1.54) is 7.11 Å². The van der Waals surface area contributed by atoms with Gasteiger partial charge in [-0.25, -0.2) is 0 Å². The lowest BCUT2D eigenvalue weighted by Gasteiger charge is -2.14. The molecule has 0 aliphatic heterocycles. The average molecular weight is 131 g/mol. The quantitative estimate of drug-likeness (QED) is 0.519. The number of hydrogen-bond donors (Lipinski definition) is 0. The van der Waals surface area contributed by atoms with Crippen LogP contribution in [-0.4, -0.2) is 19.2 Å². The standard InChI is InChI=1S/C6H12O3/c1-3-4-5(9-2)6(7)8/h5H,3-4H2,1-2H3,(H,7,8)/p-1. The van der Waals surface area contributed by atoms with Crippen molar-refractivity contribution in [3.63, 3.8) is 0 Å². The summed E-state index contributed by atoms with van der Waals surface area (Å²) in [5, 5.41) is 10.1. The molecule has 0 rings (SSSR count). The van der Waals surface area contributed by atoms with Crippen molar-refractivity contribution in [2.75, 3.05) is 7.11 Å². The van der Waals surface area contributed by atoms with Crippen molar-refractivity contribution in [1.82, 2.24) is 0 Å². The second kappa shape index (κ2) is 4.32. The highest BCUT2D eigenvalue weighted by Gasteiger charge is 2.04. The number of methoxy groups -OCH3 is 1. The number of aliphatic carboxylic acids is 1. The molecule has 0 N–H and O–H groups in total. The van der Waals surface area contributed by atoms with E-state index < -0.39 is 12.1 Å². The van der Waals surface area contributed by atoms with Crippen LogP contribution in [-0.2, 0) is 9.53 Å². The van der Waals surface area contributed by atoms with Gasteiger partial charge >= 0.3 is 0 Å². The van der Waals surface area contributed by atoms with Gasteiger partial charge in [-0.1, -0.05) is 13.3 Å². The van der Waals surface area contributed by atoms with Gasteiger partial charge in [-0.05, 0) is 6.42 Å². The first-order chi connectivity index (χ1) is 4.22. The fraction of sp³-hybridized carbons (Fsp3) is 0.833. The van der Waals surface area contributed by atoms with Gasteiger partial charge in [-0.15, -0.1) is 0 Å². The SMILES string of the molecule is CCCC(OC)C(=O)[O-]. The monoisotopic (exact) mass is 131 g/mol. The zero-order chi connectivity index (χ0) is 7.28. The Balaban J connectivity index is 3.54. The summed E-state index contributed by atoms with van der Waals surface area (Å²) < 4.78 is 4.59. The normalized spacial score (nSPS) is 13.1. The molecular weight excluding hydrogens is 120 g/mol. The summed E-state index contributed by atoms with van der Waals surface area (Å²) in [5.41, 5.74) is 0. The third kappa shape index (κ3) is 3.08. The molecule has 0 aromatic rings. The third-order valence-corrected chi connectivity index (χ3v) is 1.10. The van der Waals surface area contributed by atoms with E-state index in [4.69, 9.17) is 0 Å². The first-order valence-corrected chi connectivity index (χ1v) is 2.96. The van der Waals surface area contributed by atoms with Gasteiger partial charge in [0, 0.05) is 7.11 Å². The van der Waals surface area contributed by atoms with Crippen LogP contribution in [0.15, 0.2) is 0 Å². The van der Waals surface area contributed by atoms with Crippen LogP contribution >= 0.6 is 0 Å². The van der Waals surface area contributed by atoms with Crippen LogP contribution in [0.25, 0.3) is 0 Å². The van der Waals surface area contributed by atoms with Crippen LogP contribution in [0.2, 0.25) is 0 Å². The van der Waals surface area contributed by atoms with Crippen molar-refractivity contribution in [2.24, 2.45) is 0 Å². The van der Waals surface area contributed by atoms with E-state index in [2.05, 4.69) is 4.74 Å². The predicted molar refractivity (Wildman–Crippen MR) is 30.7 cm³/mol. The molecule has 3 heteroatoms. The molecule has 0 spiro atoms. The Morgan fingerprint density at radius 3 is 2.44 bits per heavy atom. The number of hydrogen-bond acceptors (Lipinski definition) is 3. The van der Waals surface area contributed by atoms with E-state index >= 15 is 0 Å². The Morgan fingerprint density at radius 1 is 1.78 bits per heavy atom. The molecule has 0 saturated carbocycles. The van der Waals surface area contributed by atoms with Crippen LogP contribution in [0.1, 0.15) is 19.8 Å². The highest BCUT2D eigenvalue weighted by Crippen LogP contribution is 1.97. The molecule has 0 aliphatic rings. The van der Waals surface area contributed by atoms with Crippen molar-refractivity contribution in [3.05, 3.63) is 0 Å². The summed E-state index contributed by atoms with van der Waals surface area (Å²) in [6, 6.07) is 0. The molecule has 0 aliphatic carbocycles. The molecule has 3 nitrogen and oxygen atoms in total. The number of carboxylic acids is 1. The van der Waals surface area contributed by atoms with Crippen molar-refractivity contribution in [2.45, 2.75) is 25.9 Å². The minimum atomic E-state index is -1.13. The summed E-state index contributed by atoms with van der Waals surface area (Å²) in [6.07, 6.45) is 0.598. The summed E-state index contributed by atoms with van der Waals surface area (Å²) in [6.45, 7) is 1.90. The van der Waals surface area contributed by atoms with Crippen molar-refractivity contribution in [3.8, 4) is 0 Å². The molecule has 1 unspecified atom stereocenters. The van der Waals surface area contributed by atoms with Gasteiger partial charge in [0.05, 0.1) is 12.1 Å². The Kier molecular flexibility index (Phi) is 4.05. The maximum atomic E-state index is 10.1. The van der Waals surface area contributed by atoms with E-state index in [0.29, 0.717) is 6.42 Å². The molecule has 0 radical (unpaired) electrons. The van der Waals surface area contributed by atoms with Crippen LogP contribution in [0.4, 0.5) is 0 Å². The van der Waals surface area contributed by atoms with E-state index in [1.54, 1.807) is 0 Å². The molecular formula is C6H11O3-. The molecule has 0 amide bonds. The van der Waals surface area contributed by atoms with E-state index in [1.807, 2.05) is 6.92 Å². The summed E-state index contributed by atoms with van der Waals surface area (Å²) in [7, 11) is 1.37. The van der Waals surface area contributed by atoms with Crippen LogP contribution in [0.5, 0.6) is 0 Å². The highest BCUT2D eigenvalue weighted by molar-refractivity contribution is 5.69. The van der Waals surface area contributed by atoms with Gasteiger partial charge in [-0.2, -0.15) is 0 Å². The second-order valence-corrected chi connectivity index (χ2v) is 1.83. The topological polar surface area (TPSA) is 49.4 Å². The van der Waals surface area contributed by atoms with Gasteiger partial charge in [-0.3, -0.25) is 0 Å². The minimum absolute atomic E-state index is 0.527. The number of carbonyl (C=O) groups excluding carboxylic acids is 1.